The Morgan fingerprint density at radius 2 is 1.76 bits per heavy atom. The van der Waals surface area contributed by atoms with E-state index in [0.717, 1.165) is 11.1 Å². The zero-order valence-electron chi connectivity index (χ0n) is 14.4. The van der Waals surface area contributed by atoms with E-state index in [4.69, 9.17) is 4.74 Å². The Kier molecular flexibility index (Phi) is 4.97. The van der Waals surface area contributed by atoms with Crippen molar-refractivity contribution in [1.82, 2.24) is 4.31 Å². The number of aliphatic hydroxyl groups is 1. The summed E-state index contributed by atoms with van der Waals surface area (Å²) in [6, 6.07) is 16.1. The molecule has 1 unspecified atom stereocenters. The summed E-state index contributed by atoms with van der Waals surface area (Å²) in [5.74, 6) is 0. The number of ether oxygens (including phenoxy) is 1. The molecule has 25 heavy (non-hydrogen) atoms. The number of benzene rings is 2. The highest BCUT2D eigenvalue weighted by atomic mass is 32.2. The van der Waals surface area contributed by atoms with Gasteiger partial charge in [-0.1, -0.05) is 48.0 Å². The van der Waals surface area contributed by atoms with Crippen molar-refractivity contribution in [1.29, 1.82) is 0 Å². The van der Waals surface area contributed by atoms with E-state index in [2.05, 4.69) is 0 Å². The standard InChI is InChI=1S/C19H23NO4S/c1-15-8-10-17(11-9-15)25(22,23)20-18(19(20,2)14-21)13-24-12-16-6-4-3-5-7-16/h3-11,18,21H,12-14H2,1-2H3/t18-,19+,20?/m0/s1. The van der Waals surface area contributed by atoms with Crippen molar-refractivity contribution >= 4 is 10.0 Å². The van der Waals surface area contributed by atoms with Crippen LogP contribution in [0, 0.1) is 6.92 Å². The molecule has 0 aromatic heterocycles. The third kappa shape index (κ3) is 3.48. The number of aryl methyl sites for hydroxylation is 1. The number of sulfonamides is 1. The Balaban J connectivity index is 1.71. The van der Waals surface area contributed by atoms with E-state index in [1.807, 2.05) is 37.3 Å². The average molecular weight is 361 g/mol. The van der Waals surface area contributed by atoms with E-state index < -0.39 is 15.6 Å². The Morgan fingerprint density at radius 1 is 1.12 bits per heavy atom. The van der Waals surface area contributed by atoms with Crippen molar-refractivity contribution in [2.75, 3.05) is 13.2 Å². The van der Waals surface area contributed by atoms with Gasteiger partial charge in [-0.25, -0.2) is 8.42 Å². The van der Waals surface area contributed by atoms with Crippen LogP contribution in [-0.2, 0) is 21.4 Å². The van der Waals surface area contributed by atoms with Crippen molar-refractivity contribution < 1.29 is 18.3 Å². The molecule has 3 atom stereocenters. The minimum absolute atomic E-state index is 0.239. The van der Waals surface area contributed by atoms with Gasteiger partial charge in [-0.05, 0) is 31.5 Å². The summed E-state index contributed by atoms with van der Waals surface area (Å²) in [7, 11) is -3.65. The SMILES string of the molecule is Cc1ccc(S(=O)(=O)N2[C@@H](COCc3ccccc3)[C@@]2(C)CO)cc1. The van der Waals surface area contributed by atoms with Crippen LogP contribution in [0.1, 0.15) is 18.1 Å². The first-order valence-electron chi connectivity index (χ1n) is 8.23. The number of nitrogens with zero attached hydrogens (tertiary/aromatic N) is 1. The van der Waals surface area contributed by atoms with Gasteiger partial charge in [-0.15, -0.1) is 0 Å². The Morgan fingerprint density at radius 3 is 2.36 bits per heavy atom. The highest BCUT2D eigenvalue weighted by molar-refractivity contribution is 7.89. The van der Waals surface area contributed by atoms with Gasteiger partial charge in [0.1, 0.15) is 0 Å². The van der Waals surface area contributed by atoms with Crippen molar-refractivity contribution in [2.24, 2.45) is 0 Å². The average Bonchev–Trinajstić information content (AvgIpc) is 3.22. The number of aliphatic hydroxyl groups excluding tert-OH is 1. The van der Waals surface area contributed by atoms with Gasteiger partial charge in [-0.2, -0.15) is 4.31 Å². The summed E-state index contributed by atoms with van der Waals surface area (Å²) in [6.45, 7) is 4.08. The molecule has 0 spiro atoms. The molecule has 1 aliphatic rings. The van der Waals surface area contributed by atoms with Crippen molar-refractivity contribution in [2.45, 2.75) is 36.9 Å². The molecule has 0 aliphatic carbocycles. The number of hydrogen-bond acceptors (Lipinski definition) is 4. The molecular weight excluding hydrogens is 338 g/mol. The maximum absolute atomic E-state index is 12.9. The van der Waals surface area contributed by atoms with Crippen molar-refractivity contribution in [3.05, 3.63) is 65.7 Å². The van der Waals surface area contributed by atoms with Gasteiger partial charge in [0.2, 0.25) is 10.0 Å². The zero-order chi connectivity index (χ0) is 18.1. The lowest BCUT2D eigenvalue weighted by Gasteiger charge is -2.10. The fourth-order valence-electron chi connectivity index (χ4n) is 3.02. The second-order valence-electron chi connectivity index (χ2n) is 6.65. The van der Waals surface area contributed by atoms with Gasteiger partial charge in [-0.3, -0.25) is 0 Å². The lowest BCUT2D eigenvalue weighted by Crippen LogP contribution is -2.24. The summed E-state index contributed by atoms with van der Waals surface area (Å²) in [5.41, 5.74) is 1.21. The molecule has 3 rings (SSSR count). The third-order valence-electron chi connectivity index (χ3n) is 4.72. The van der Waals surface area contributed by atoms with Gasteiger partial charge in [0, 0.05) is 0 Å². The molecule has 1 N–H and O–H groups in total. The molecule has 1 heterocycles. The summed E-state index contributed by atoms with van der Waals surface area (Å²) < 4.78 is 32.8. The lowest BCUT2D eigenvalue weighted by molar-refractivity contribution is 0.114. The molecule has 134 valence electrons. The van der Waals surface area contributed by atoms with Crippen LogP contribution in [0.4, 0.5) is 0 Å². The molecule has 6 heteroatoms. The molecule has 5 nitrogen and oxygen atoms in total. The molecule has 1 saturated heterocycles. The van der Waals surface area contributed by atoms with Crippen LogP contribution in [0.2, 0.25) is 0 Å². The number of hydrogen-bond donors (Lipinski definition) is 1. The van der Waals surface area contributed by atoms with Crippen molar-refractivity contribution in [3.8, 4) is 0 Å². The van der Waals surface area contributed by atoms with Crippen LogP contribution < -0.4 is 0 Å². The highest BCUT2D eigenvalue weighted by Gasteiger charge is 2.65. The van der Waals surface area contributed by atoms with Crippen LogP contribution in [0.3, 0.4) is 0 Å². The summed E-state index contributed by atoms with van der Waals surface area (Å²) >= 11 is 0. The van der Waals surface area contributed by atoms with Crippen molar-refractivity contribution in [3.63, 3.8) is 0 Å². The summed E-state index contributed by atoms with van der Waals surface area (Å²) in [5, 5.41) is 9.72. The van der Waals surface area contributed by atoms with E-state index in [-0.39, 0.29) is 24.2 Å². The third-order valence-corrected chi connectivity index (χ3v) is 6.78. The monoisotopic (exact) mass is 361 g/mol. The molecule has 1 aliphatic heterocycles. The maximum Gasteiger partial charge on any atom is 0.244 e. The predicted octanol–water partition coefficient (Wildman–Crippen LogP) is 2.34. The van der Waals surface area contributed by atoms with Crippen LogP contribution in [-0.4, -0.2) is 42.6 Å². The van der Waals surface area contributed by atoms with Crippen LogP contribution >= 0.6 is 0 Å². The second-order valence-corrected chi connectivity index (χ2v) is 8.46. The Labute approximate surface area is 148 Å². The van der Waals surface area contributed by atoms with Crippen LogP contribution in [0.25, 0.3) is 0 Å². The van der Waals surface area contributed by atoms with Crippen LogP contribution in [0.15, 0.2) is 59.5 Å². The van der Waals surface area contributed by atoms with Gasteiger partial charge >= 0.3 is 0 Å². The first kappa shape index (κ1) is 18.1. The van der Waals surface area contributed by atoms with Crippen LogP contribution in [0.5, 0.6) is 0 Å². The number of rotatable bonds is 7. The first-order valence-corrected chi connectivity index (χ1v) is 9.67. The molecule has 0 saturated carbocycles. The molecule has 1 fully saturated rings. The summed E-state index contributed by atoms with van der Waals surface area (Å²) in [6.07, 6.45) is 0. The smallest absolute Gasteiger partial charge is 0.244 e. The fourth-order valence-corrected chi connectivity index (χ4v) is 5.03. The van der Waals surface area contributed by atoms with E-state index in [0.29, 0.717) is 6.61 Å². The van der Waals surface area contributed by atoms with Gasteiger partial charge in [0.25, 0.3) is 0 Å². The molecule has 0 radical (unpaired) electrons. The summed E-state index contributed by atoms with van der Waals surface area (Å²) in [4.78, 5) is 0.239. The highest BCUT2D eigenvalue weighted by Crippen LogP contribution is 2.45. The van der Waals surface area contributed by atoms with Gasteiger partial charge in [0.15, 0.2) is 0 Å². The minimum atomic E-state index is -3.65. The first-order chi connectivity index (χ1) is 11.9. The molecule has 2 aromatic carbocycles. The largest absolute Gasteiger partial charge is 0.394 e. The maximum atomic E-state index is 12.9. The molecule has 0 bridgehead atoms. The Bertz CT molecular complexity index is 820. The fraction of sp³-hybridized carbons (Fsp3) is 0.368. The molecule has 0 amide bonds. The van der Waals surface area contributed by atoms with Gasteiger partial charge < -0.3 is 9.84 Å². The van der Waals surface area contributed by atoms with E-state index in [1.165, 1.54) is 4.31 Å². The zero-order valence-corrected chi connectivity index (χ0v) is 15.2. The predicted molar refractivity (Wildman–Crippen MR) is 95.6 cm³/mol. The Hall–Kier alpha value is -1.73. The van der Waals surface area contributed by atoms with Gasteiger partial charge in [0.05, 0.1) is 36.3 Å². The van der Waals surface area contributed by atoms with E-state index in [1.54, 1.807) is 31.2 Å². The second kappa shape index (κ2) is 6.88. The normalized spacial score (nSPS) is 25.7. The minimum Gasteiger partial charge on any atom is -0.394 e. The van der Waals surface area contributed by atoms with E-state index in [9.17, 15) is 13.5 Å². The molecular formula is C19H23NO4S. The quantitative estimate of drug-likeness (QED) is 0.769. The molecule has 2 aromatic rings. The topological polar surface area (TPSA) is 66.6 Å². The van der Waals surface area contributed by atoms with E-state index >= 15 is 0 Å². The lowest BCUT2D eigenvalue weighted by atomic mass is 10.1.